The Bertz CT molecular complexity index is 705. The Morgan fingerprint density at radius 3 is 2.40 bits per heavy atom. The lowest BCUT2D eigenvalue weighted by molar-refractivity contribution is 0.607. The summed E-state index contributed by atoms with van der Waals surface area (Å²) in [5.74, 6) is 0. The maximum absolute atomic E-state index is 11.3. The summed E-state index contributed by atoms with van der Waals surface area (Å²) >= 11 is 0. The molecule has 0 bridgehead atoms. The predicted octanol–water partition coefficient (Wildman–Crippen LogP) is 2.80. The lowest BCUT2D eigenvalue weighted by atomic mass is 10.2. The van der Waals surface area contributed by atoms with Crippen molar-refractivity contribution in [1.29, 1.82) is 0 Å². The summed E-state index contributed by atoms with van der Waals surface area (Å²) in [7, 11) is -3.42. The molecule has 0 spiro atoms. The third kappa shape index (κ3) is 3.15. The van der Waals surface area contributed by atoms with Crippen LogP contribution in [0.2, 0.25) is 0 Å². The van der Waals surface area contributed by atoms with Crippen molar-refractivity contribution in [3.8, 4) is 0 Å². The van der Waals surface area contributed by atoms with Gasteiger partial charge in [0.2, 0.25) is 0 Å². The first-order valence-corrected chi connectivity index (χ1v) is 7.33. The van der Waals surface area contributed by atoms with E-state index >= 15 is 0 Å². The van der Waals surface area contributed by atoms with Gasteiger partial charge in [-0.3, -0.25) is 9.44 Å². The number of rotatable bonds is 3. The smallest absolute Gasteiger partial charge is 0.321 e. The van der Waals surface area contributed by atoms with Crippen LogP contribution in [0.15, 0.2) is 48.5 Å². The number of halogens is 1. The summed E-state index contributed by atoms with van der Waals surface area (Å²) in [6, 6.07) is 15.4. The fourth-order valence-corrected chi connectivity index (χ4v) is 2.92. The van der Waals surface area contributed by atoms with Crippen LogP contribution in [-0.4, -0.2) is 8.42 Å². The van der Waals surface area contributed by atoms with Gasteiger partial charge in [0.1, 0.15) is 0 Å². The minimum absolute atomic E-state index is 0. The van der Waals surface area contributed by atoms with Gasteiger partial charge in [0, 0.05) is 12.2 Å². The van der Waals surface area contributed by atoms with E-state index in [0.717, 1.165) is 5.69 Å². The van der Waals surface area contributed by atoms with Gasteiger partial charge in [-0.1, -0.05) is 30.3 Å². The molecule has 0 aromatic heterocycles. The first-order valence-electron chi connectivity index (χ1n) is 5.85. The Labute approximate surface area is 124 Å². The first kappa shape index (κ1) is 14.5. The maximum atomic E-state index is 11.3. The highest BCUT2D eigenvalue weighted by molar-refractivity contribution is 7.94. The van der Waals surface area contributed by atoms with Gasteiger partial charge in [-0.15, -0.1) is 12.4 Å². The van der Waals surface area contributed by atoms with Crippen molar-refractivity contribution in [2.24, 2.45) is 0 Å². The molecule has 2 aromatic rings. The van der Waals surface area contributed by atoms with Crippen molar-refractivity contribution in [3.63, 3.8) is 0 Å². The van der Waals surface area contributed by atoms with Gasteiger partial charge in [-0.25, -0.2) is 0 Å². The minimum atomic E-state index is -3.42. The second-order valence-corrected chi connectivity index (χ2v) is 5.72. The molecule has 0 saturated carbocycles. The van der Waals surface area contributed by atoms with Gasteiger partial charge in [0.25, 0.3) is 0 Å². The number of benzene rings is 2. The highest BCUT2D eigenvalue weighted by Crippen LogP contribution is 2.32. The molecule has 0 aliphatic carbocycles. The minimum Gasteiger partial charge on any atom is -0.381 e. The van der Waals surface area contributed by atoms with E-state index in [0.29, 0.717) is 17.9 Å². The number of hydrogen-bond donors (Lipinski definition) is 3. The zero-order valence-electron chi connectivity index (χ0n) is 10.5. The number of anilines is 3. The summed E-state index contributed by atoms with van der Waals surface area (Å²) in [5.41, 5.74) is 3.18. The first-order chi connectivity index (χ1) is 9.12. The third-order valence-corrected chi connectivity index (χ3v) is 3.82. The molecule has 0 unspecified atom stereocenters. The lowest BCUT2D eigenvalue weighted by Gasteiger charge is -2.07. The molecule has 0 amide bonds. The largest absolute Gasteiger partial charge is 0.381 e. The molecule has 0 radical (unpaired) electrons. The van der Waals surface area contributed by atoms with Gasteiger partial charge in [-0.2, -0.15) is 8.42 Å². The molecule has 1 heterocycles. The van der Waals surface area contributed by atoms with Crippen molar-refractivity contribution in [2.75, 3.05) is 14.8 Å². The molecule has 3 rings (SSSR count). The van der Waals surface area contributed by atoms with Crippen LogP contribution < -0.4 is 14.8 Å². The van der Waals surface area contributed by atoms with Crippen molar-refractivity contribution in [1.82, 2.24) is 0 Å². The highest BCUT2D eigenvalue weighted by atomic mass is 35.5. The molecule has 0 atom stereocenters. The fourth-order valence-electron chi connectivity index (χ4n) is 1.94. The van der Waals surface area contributed by atoms with E-state index < -0.39 is 10.2 Å². The van der Waals surface area contributed by atoms with Gasteiger partial charge in [0.05, 0.1) is 11.4 Å². The molecule has 20 heavy (non-hydrogen) atoms. The van der Waals surface area contributed by atoms with E-state index in [2.05, 4.69) is 14.8 Å². The Balaban J connectivity index is 0.00000147. The molecule has 0 fully saturated rings. The van der Waals surface area contributed by atoms with Crippen molar-refractivity contribution in [3.05, 3.63) is 54.1 Å². The van der Waals surface area contributed by atoms with Gasteiger partial charge < -0.3 is 5.32 Å². The van der Waals surface area contributed by atoms with Crippen LogP contribution in [0.3, 0.4) is 0 Å². The maximum Gasteiger partial charge on any atom is 0.321 e. The Morgan fingerprint density at radius 2 is 1.65 bits per heavy atom. The average Bonchev–Trinajstić information content (AvgIpc) is 2.70. The van der Waals surface area contributed by atoms with E-state index in [-0.39, 0.29) is 12.4 Å². The Hall–Kier alpha value is -1.92. The Kier molecular flexibility index (Phi) is 4.06. The summed E-state index contributed by atoms with van der Waals surface area (Å²) in [6.45, 7) is 0.694. The van der Waals surface area contributed by atoms with Crippen LogP contribution >= 0.6 is 12.4 Å². The molecule has 0 saturated heterocycles. The van der Waals surface area contributed by atoms with E-state index in [4.69, 9.17) is 0 Å². The number of hydrogen-bond acceptors (Lipinski definition) is 3. The quantitative estimate of drug-likeness (QED) is 0.816. The molecule has 3 N–H and O–H groups in total. The second kappa shape index (κ2) is 5.60. The van der Waals surface area contributed by atoms with Crippen molar-refractivity contribution in [2.45, 2.75) is 6.54 Å². The summed E-state index contributed by atoms with van der Waals surface area (Å²) < 4.78 is 27.5. The van der Waals surface area contributed by atoms with E-state index in [1.54, 1.807) is 12.1 Å². The van der Waals surface area contributed by atoms with Crippen molar-refractivity contribution < 1.29 is 8.42 Å². The second-order valence-electron chi connectivity index (χ2n) is 4.31. The zero-order valence-corrected chi connectivity index (χ0v) is 12.1. The Morgan fingerprint density at radius 1 is 0.950 bits per heavy atom. The van der Waals surface area contributed by atoms with Gasteiger partial charge >= 0.3 is 10.2 Å². The normalized spacial score (nSPS) is 14.4. The predicted molar refractivity (Wildman–Crippen MR) is 83.6 cm³/mol. The molecular formula is C13H14ClN3O2S. The molecule has 106 valence electrons. The van der Waals surface area contributed by atoms with Gasteiger partial charge in [-0.05, 0) is 23.8 Å². The molecule has 2 aromatic carbocycles. The molecular weight excluding hydrogens is 298 g/mol. The molecule has 1 aliphatic rings. The van der Waals surface area contributed by atoms with Crippen molar-refractivity contribution >= 4 is 39.7 Å². The molecule has 1 aliphatic heterocycles. The van der Waals surface area contributed by atoms with Crippen LogP contribution in [0, 0.1) is 0 Å². The zero-order chi connectivity index (χ0) is 13.3. The lowest BCUT2D eigenvalue weighted by Crippen LogP contribution is -2.12. The van der Waals surface area contributed by atoms with Crippen LogP contribution in [0.4, 0.5) is 17.1 Å². The summed E-state index contributed by atoms with van der Waals surface area (Å²) in [5, 5.41) is 3.26. The standard InChI is InChI=1S/C13H13N3O2S.ClH/c17-19(18)15-12-7-6-11(8-13(12)16-19)14-9-10-4-2-1-3-5-10;/h1-8,14-16H,9H2;1H. The fraction of sp³-hybridized carbons (Fsp3) is 0.0769. The van der Waals surface area contributed by atoms with Gasteiger partial charge in [0.15, 0.2) is 0 Å². The molecule has 5 nitrogen and oxygen atoms in total. The summed E-state index contributed by atoms with van der Waals surface area (Å²) in [4.78, 5) is 0. The van der Waals surface area contributed by atoms with Crippen LogP contribution in [0.5, 0.6) is 0 Å². The SMILES string of the molecule is Cl.O=S1(=O)Nc2ccc(NCc3ccccc3)cc2N1. The number of nitrogens with one attached hydrogen (secondary N) is 3. The topological polar surface area (TPSA) is 70.2 Å². The average molecular weight is 312 g/mol. The van der Waals surface area contributed by atoms with Crippen LogP contribution in [0.1, 0.15) is 5.56 Å². The van der Waals surface area contributed by atoms with E-state index in [1.165, 1.54) is 5.56 Å². The summed E-state index contributed by atoms with van der Waals surface area (Å²) in [6.07, 6.45) is 0. The van der Waals surface area contributed by atoms with Crippen LogP contribution in [-0.2, 0) is 16.8 Å². The highest BCUT2D eigenvalue weighted by Gasteiger charge is 2.21. The molecule has 7 heteroatoms. The van der Waals surface area contributed by atoms with E-state index in [1.807, 2.05) is 36.4 Å². The third-order valence-electron chi connectivity index (χ3n) is 2.85. The number of fused-ring (bicyclic) bond motifs is 1. The van der Waals surface area contributed by atoms with E-state index in [9.17, 15) is 8.42 Å². The van der Waals surface area contributed by atoms with Crippen LogP contribution in [0.25, 0.3) is 0 Å². The monoisotopic (exact) mass is 311 g/mol.